The maximum absolute atomic E-state index is 12.9. The Morgan fingerprint density at radius 3 is 0.704 bits per heavy atom. The average Bonchev–Trinajstić information content (AvgIpc) is 3.37. The first-order valence-electron chi connectivity index (χ1n) is 31.5. The van der Waals surface area contributed by atoms with Crippen molar-refractivity contribution in [3.8, 4) is 0 Å². The summed E-state index contributed by atoms with van der Waals surface area (Å²) in [5, 5.41) is 0. The van der Waals surface area contributed by atoms with Gasteiger partial charge in [-0.3, -0.25) is 14.4 Å². The quantitative estimate of drug-likeness (QED) is 0.0261. The number of carbonyl (C=O) groups excluding carboxylic acids is 3. The molecule has 0 radical (unpaired) electrons. The standard InChI is InChI=1S/C65H120O6/c1-4-7-10-13-16-19-22-25-28-30-32-34-37-40-43-46-49-52-55-58-64(67)70-61-62(60-69-63(66)57-54-51-48-45-42-39-36-27-24-21-18-15-12-9-6-3)71-65(68)59-56-53-50-47-44-41-38-35-33-31-29-26-23-20-17-14-11-8-5-2/h25-29,36,62H,4-24,30-35,37-61H2,1-3H3/b28-25-,29-26-,36-27-. The Morgan fingerprint density at radius 1 is 0.268 bits per heavy atom. The fourth-order valence-corrected chi connectivity index (χ4v) is 9.31. The highest BCUT2D eigenvalue weighted by atomic mass is 16.6. The number of carbonyl (C=O) groups is 3. The summed E-state index contributed by atoms with van der Waals surface area (Å²) in [6, 6.07) is 0. The van der Waals surface area contributed by atoms with Crippen molar-refractivity contribution in [3.05, 3.63) is 36.5 Å². The molecule has 0 N–H and O–H groups in total. The summed E-state index contributed by atoms with van der Waals surface area (Å²) in [4.78, 5) is 38.3. The lowest BCUT2D eigenvalue weighted by atomic mass is 10.1. The molecule has 1 atom stereocenters. The summed E-state index contributed by atoms with van der Waals surface area (Å²) in [6.07, 6.45) is 72.8. The zero-order valence-electron chi connectivity index (χ0n) is 47.8. The molecule has 0 aliphatic carbocycles. The number of unbranched alkanes of at least 4 members (excludes halogenated alkanes) is 41. The predicted octanol–water partition coefficient (Wildman–Crippen LogP) is 21.2. The fourth-order valence-electron chi connectivity index (χ4n) is 9.31. The van der Waals surface area contributed by atoms with Crippen LogP contribution in [0.1, 0.15) is 342 Å². The topological polar surface area (TPSA) is 78.9 Å². The van der Waals surface area contributed by atoms with Gasteiger partial charge in [0.25, 0.3) is 0 Å². The van der Waals surface area contributed by atoms with Crippen LogP contribution < -0.4 is 0 Å². The smallest absolute Gasteiger partial charge is 0.306 e. The molecule has 6 heteroatoms. The lowest BCUT2D eigenvalue weighted by Crippen LogP contribution is -2.30. The van der Waals surface area contributed by atoms with E-state index >= 15 is 0 Å². The van der Waals surface area contributed by atoms with Gasteiger partial charge in [0.05, 0.1) is 0 Å². The molecule has 0 aromatic carbocycles. The van der Waals surface area contributed by atoms with Crippen LogP contribution in [-0.4, -0.2) is 37.2 Å². The molecular formula is C65H120O6. The Morgan fingerprint density at radius 2 is 0.465 bits per heavy atom. The van der Waals surface area contributed by atoms with Crippen LogP contribution in [0, 0.1) is 0 Å². The molecule has 0 heterocycles. The lowest BCUT2D eigenvalue weighted by Gasteiger charge is -2.18. The van der Waals surface area contributed by atoms with E-state index in [1.807, 2.05) is 0 Å². The molecule has 0 amide bonds. The van der Waals surface area contributed by atoms with E-state index < -0.39 is 6.10 Å². The molecule has 0 bridgehead atoms. The molecule has 0 saturated carbocycles. The molecule has 0 rings (SSSR count). The fraction of sp³-hybridized carbons (Fsp3) is 0.862. The summed E-state index contributed by atoms with van der Waals surface area (Å²) in [7, 11) is 0. The third-order valence-corrected chi connectivity index (χ3v) is 14.1. The molecule has 71 heavy (non-hydrogen) atoms. The third-order valence-electron chi connectivity index (χ3n) is 14.1. The van der Waals surface area contributed by atoms with Crippen LogP contribution in [-0.2, 0) is 28.6 Å². The molecular weight excluding hydrogens is 877 g/mol. The largest absolute Gasteiger partial charge is 0.462 e. The number of allylic oxidation sites excluding steroid dienone is 6. The predicted molar refractivity (Wildman–Crippen MR) is 307 cm³/mol. The first kappa shape index (κ1) is 68.6. The van der Waals surface area contributed by atoms with Crippen molar-refractivity contribution < 1.29 is 28.6 Å². The van der Waals surface area contributed by atoms with E-state index in [0.29, 0.717) is 19.3 Å². The van der Waals surface area contributed by atoms with Crippen LogP contribution in [0.4, 0.5) is 0 Å². The normalized spacial score (nSPS) is 12.2. The molecule has 0 aliphatic heterocycles. The van der Waals surface area contributed by atoms with Crippen LogP contribution in [0.5, 0.6) is 0 Å². The number of hydrogen-bond acceptors (Lipinski definition) is 6. The second-order valence-electron chi connectivity index (χ2n) is 21.3. The SMILES string of the molecule is CCCCCCCC/C=C\CCCCCCCCCCCC(=O)OCC(COC(=O)CCCCCCC/C=C\CCCCCCCC)OC(=O)CCCCCCCCCCC/C=C\CCCCCCCC. The van der Waals surface area contributed by atoms with Crippen molar-refractivity contribution in [3.63, 3.8) is 0 Å². The summed E-state index contributed by atoms with van der Waals surface area (Å²) in [5.41, 5.74) is 0. The summed E-state index contributed by atoms with van der Waals surface area (Å²) < 4.78 is 16.9. The van der Waals surface area contributed by atoms with Gasteiger partial charge in [-0.15, -0.1) is 0 Å². The van der Waals surface area contributed by atoms with Gasteiger partial charge in [-0.05, 0) is 96.3 Å². The van der Waals surface area contributed by atoms with E-state index in [0.717, 1.165) is 64.2 Å². The van der Waals surface area contributed by atoms with Gasteiger partial charge >= 0.3 is 17.9 Å². The van der Waals surface area contributed by atoms with Gasteiger partial charge in [-0.2, -0.15) is 0 Å². The van der Waals surface area contributed by atoms with Gasteiger partial charge < -0.3 is 14.2 Å². The maximum atomic E-state index is 12.9. The molecule has 0 aromatic rings. The first-order chi connectivity index (χ1) is 35.0. The van der Waals surface area contributed by atoms with Crippen molar-refractivity contribution in [1.82, 2.24) is 0 Å². The second kappa shape index (κ2) is 60.2. The van der Waals surface area contributed by atoms with Gasteiger partial charge in [0, 0.05) is 19.3 Å². The summed E-state index contributed by atoms with van der Waals surface area (Å²) >= 11 is 0. The number of esters is 3. The Hall–Kier alpha value is -2.37. The van der Waals surface area contributed by atoms with Gasteiger partial charge in [-0.25, -0.2) is 0 Å². The molecule has 0 aliphatic rings. The second-order valence-corrected chi connectivity index (χ2v) is 21.3. The van der Waals surface area contributed by atoms with Gasteiger partial charge in [0.1, 0.15) is 13.2 Å². The molecule has 6 nitrogen and oxygen atoms in total. The minimum absolute atomic E-state index is 0.0738. The van der Waals surface area contributed by atoms with Gasteiger partial charge in [-0.1, -0.05) is 263 Å². The third kappa shape index (κ3) is 58.4. The number of ether oxygens (including phenoxy) is 3. The number of hydrogen-bond donors (Lipinski definition) is 0. The van der Waals surface area contributed by atoms with Crippen molar-refractivity contribution in [2.24, 2.45) is 0 Å². The maximum Gasteiger partial charge on any atom is 0.306 e. The van der Waals surface area contributed by atoms with Crippen LogP contribution in [0.15, 0.2) is 36.5 Å². The van der Waals surface area contributed by atoms with E-state index in [-0.39, 0.29) is 31.1 Å². The zero-order chi connectivity index (χ0) is 51.4. The van der Waals surface area contributed by atoms with Crippen molar-refractivity contribution in [2.45, 2.75) is 348 Å². The zero-order valence-corrected chi connectivity index (χ0v) is 47.8. The van der Waals surface area contributed by atoms with E-state index in [4.69, 9.17) is 14.2 Å². The summed E-state index contributed by atoms with van der Waals surface area (Å²) in [6.45, 7) is 6.67. The van der Waals surface area contributed by atoms with Gasteiger partial charge in [0.2, 0.25) is 0 Å². The molecule has 0 spiro atoms. The minimum atomic E-state index is -0.776. The van der Waals surface area contributed by atoms with Crippen LogP contribution >= 0.6 is 0 Å². The van der Waals surface area contributed by atoms with Gasteiger partial charge in [0.15, 0.2) is 6.10 Å². The Bertz CT molecular complexity index is 1190. The van der Waals surface area contributed by atoms with Crippen molar-refractivity contribution in [2.75, 3.05) is 13.2 Å². The average molecular weight is 998 g/mol. The van der Waals surface area contributed by atoms with Crippen molar-refractivity contribution >= 4 is 17.9 Å². The van der Waals surface area contributed by atoms with Crippen LogP contribution in [0.25, 0.3) is 0 Å². The van der Waals surface area contributed by atoms with E-state index in [2.05, 4.69) is 57.2 Å². The summed E-state index contributed by atoms with van der Waals surface area (Å²) in [5.74, 6) is -0.866. The Balaban J connectivity index is 4.34. The highest BCUT2D eigenvalue weighted by Crippen LogP contribution is 2.16. The minimum Gasteiger partial charge on any atom is -0.462 e. The highest BCUT2D eigenvalue weighted by Gasteiger charge is 2.19. The lowest BCUT2D eigenvalue weighted by molar-refractivity contribution is -0.167. The van der Waals surface area contributed by atoms with E-state index in [1.54, 1.807) is 0 Å². The number of rotatable bonds is 58. The van der Waals surface area contributed by atoms with Crippen LogP contribution in [0.3, 0.4) is 0 Å². The highest BCUT2D eigenvalue weighted by molar-refractivity contribution is 5.71. The molecule has 0 fully saturated rings. The Labute approximate surface area is 442 Å². The van der Waals surface area contributed by atoms with E-state index in [1.165, 1.54) is 238 Å². The Kier molecular flexibility index (Phi) is 58.2. The monoisotopic (exact) mass is 997 g/mol. The van der Waals surface area contributed by atoms with Crippen molar-refractivity contribution in [1.29, 1.82) is 0 Å². The van der Waals surface area contributed by atoms with Crippen LogP contribution in [0.2, 0.25) is 0 Å². The molecule has 1 unspecified atom stereocenters. The molecule has 0 saturated heterocycles. The molecule has 416 valence electrons. The first-order valence-corrected chi connectivity index (χ1v) is 31.5. The molecule has 0 aromatic heterocycles. The van der Waals surface area contributed by atoms with E-state index in [9.17, 15) is 14.4 Å².